The summed E-state index contributed by atoms with van der Waals surface area (Å²) in [7, 11) is 0. The third kappa shape index (κ3) is 1.51. The Morgan fingerprint density at radius 3 is 2.91 bits per heavy atom. The van der Waals surface area contributed by atoms with Crippen LogP contribution in [0.1, 0.15) is 19.4 Å². The van der Waals surface area contributed by atoms with Gasteiger partial charge in [0.2, 0.25) is 0 Å². The number of hydrogen-bond donors (Lipinski definition) is 2. The summed E-state index contributed by atoms with van der Waals surface area (Å²) in [6, 6.07) is -0.0891. The summed E-state index contributed by atoms with van der Waals surface area (Å²) in [6.07, 6.45) is 3.97. The van der Waals surface area contributed by atoms with Gasteiger partial charge >= 0.3 is 5.69 Å². The summed E-state index contributed by atoms with van der Waals surface area (Å²) in [5, 5.41) is 8.85. The molecule has 11 heavy (non-hydrogen) atoms. The Labute approximate surface area is 64.5 Å². The van der Waals surface area contributed by atoms with Crippen molar-refractivity contribution in [2.45, 2.75) is 19.4 Å². The lowest BCUT2D eigenvalue weighted by atomic mass is 10.2. The standard InChI is InChI=1S/C7H12N2O2/c1-2-6(5-10)9-4-3-8-7(9)11/h3-4,6,10H,2,5H2,1H3,(H,8,11)/t6-/m0/s1. The smallest absolute Gasteiger partial charge is 0.325 e. The van der Waals surface area contributed by atoms with Gasteiger partial charge in [0.05, 0.1) is 12.6 Å². The van der Waals surface area contributed by atoms with Crippen LogP contribution in [-0.2, 0) is 0 Å². The third-order valence-electron chi connectivity index (χ3n) is 1.75. The zero-order chi connectivity index (χ0) is 8.27. The summed E-state index contributed by atoms with van der Waals surface area (Å²) in [5.74, 6) is 0. The number of aromatic nitrogens is 2. The van der Waals surface area contributed by atoms with Crippen LogP contribution in [0.4, 0.5) is 0 Å². The highest BCUT2D eigenvalue weighted by Crippen LogP contribution is 2.05. The van der Waals surface area contributed by atoms with Crippen molar-refractivity contribution < 1.29 is 5.11 Å². The average molecular weight is 156 g/mol. The molecule has 0 unspecified atom stereocenters. The lowest BCUT2D eigenvalue weighted by molar-refractivity contribution is 0.222. The van der Waals surface area contributed by atoms with Crippen molar-refractivity contribution >= 4 is 0 Å². The molecule has 1 atom stereocenters. The van der Waals surface area contributed by atoms with Crippen molar-refractivity contribution in [3.8, 4) is 0 Å². The van der Waals surface area contributed by atoms with Gasteiger partial charge in [-0.25, -0.2) is 4.79 Å². The zero-order valence-electron chi connectivity index (χ0n) is 6.45. The number of hydrogen-bond acceptors (Lipinski definition) is 2. The minimum absolute atomic E-state index is 0.00819. The molecule has 2 N–H and O–H groups in total. The number of nitrogens with one attached hydrogen (secondary N) is 1. The van der Waals surface area contributed by atoms with Crippen LogP contribution in [0.25, 0.3) is 0 Å². The lowest BCUT2D eigenvalue weighted by Gasteiger charge is -2.10. The van der Waals surface area contributed by atoms with E-state index in [2.05, 4.69) is 4.98 Å². The Hall–Kier alpha value is -1.03. The third-order valence-corrected chi connectivity index (χ3v) is 1.75. The monoisotopic (exact) mass is 156 g/mol. The lowest BCUT2D eigenvalue weighted by Crippen LogP contribution is -2.23. The van der Waals surface area contributed by atoms with E-state index < -0.39 is 0 Å². The number of aromatic amines is 1. The van der Waals surface area contributed by atoms with E-state index in [1.54, 1.807) is 12.4 Å². The molecule has 0 fully saturated rings. The topological polar surface area (TPSA) is 58.0 Å². The van der Waals surface area contributed by atoms with Crippen molar-refractivity contribution in [1.29, 1.82) is 0 Å². The van der Waals surface area contributed by atoms with E-state index in [1.165, 1.54) is 4.57 Å². The molecule has 4 nitrogen and oxygen atoms in total. The van der Waals surface area contributed by atoms with Gasteiger partial charge in [-0.1, -0.05) is 6.92 Å². The molecule has 4 heteroatoms. The van der Waals surface area contributed by atoms with E-state index in [1.807, 2.05) is 6.92 Å². The molecule has 0 aromatic carbocycles. The predicted molar refractivity (Wildman–Crippen MR) is 41.5 cm³/mol. The van der Waals surface area contributed by atoms with Crippen LogP contribution < -0.4 is 5.69 Å². The quantitative estimate of drug-likeness (QED) is 0.653. The molecule has 0 bridgehead atoms. The second-order valence-electron chi connectivity index (χ2n) is 2.42. The normalized spacial score (nSPS) is 13.3. The Bertz CT molecular complexity index is 259. The second kappa shape index (κ2) is 3.39. The number of imidazole rings is 1. The van der Waals surface area contributed by atoms with Gasteiger partial charge in [0.15, 0.2) is 0 Å². The van der Waals surface area contributed by atoms with E-state index in [0.717, 1.165) is 6.42 Å². The summed E-state index contributed by atoms with van der Waals surface area (Å²) in [6.45, 7) is 1.94. The number of H-pyrrole nitrogens is 1. The van der Waals surface area contributed by atoms with Gasteiger partial charge < -0.3 is 10.1 Å². The number of rotatable bonds is 3. The number of aliphatic hydroxyl groups excluding tert-OH is 1. The highest BCUT2D eigenvalue weighted by molar-refractivity contribution is 4.80. The van der Waals surface area contributed by atoms with Gasteiger partial charge in [-0.3, -0.25) is 4.57 Å². The highest BCUT2D eigenvalue weighted by atomic mass is 16.3. The SMILES string of the molecule is CC[C@@H](CO)n1cc[nH]c1=O. The molecule has 0 aliphatic carbocycles. The van der Waals surface area contributed by atoms with Gasteiger partial charge in [-0.05, 0) is 6.42 Å². The van der Waals surface area contributed by atoms with Crippen LogP contribution in [0.15, 0.2) is 17.2 Å². The molecule has 0 saturated carbocycles. The highest BCUT2D eigenvalue weighted by Gasteiger charge is 2.07. The molecule has 1 aromatic rings. The Morgan fingerprint density at radius 2 is 2.55 bits per heavy atom. The Kier molecular flexibility index (Phi) is 2.48. The van der Waals surface area contributed by atoms with Crippen LogP contribution in [0.5, 0.6) is 0 Å². The first kappa shape index (κ1) is 8.07. The molecule has 0 aliphatic heterocycles. The van der Waals surface area contributed by atoms with Crippen molar-refractivity contribution in [3.05, 3.63) is 22.9 Å². The largest absolute Gasteiger partial charge is 0.394 e. The van der Waals surface area contributed by atoms with Gasteiger partial charge in [0.25, 0.3) is 0 Å². The molecule has 1 rings (SSSR count). The van der Waals surface area contributed by atoms with Crippen LogP contribution >= 0.6 is 0 Å². The first-order chi connectivity index (χ1) is 5.29. The van der Waals surface area contributed by atoms with E-state index >= 15 is 0 Å². The molecule has 0 radical (unpaired) electrons. The fourth-order valence-corrected chi connectivity index (χ4v) is 1.03. The number of nitrogens with zero attached hydrogens (tertiary/aromatic N) is 1. The van der Waals surface area contributed by atoms with Gasteiger partial charge in [-0.15, -0.1) is 0 Å². The summed E-state index contributed by atoms with van der Waals surface area (Å²) >= 11 is 0. The van der Waals surface area contributed by atoms with E-state index in [4.69, 9.17) is 5.11 Å². The fraction of sp³-hybridized carbons (Fsp3) is 0.571. The predicted octanol–water partition coefficient (Wildman–Crippen LogP) is 0.120. The van der Waals surface area contributed by atoms with Crippen LogP contribution in [0, 0.1) is 0 Å². The Balaban J connectivity index is 2.90. The molecule has 1 aromatic heterocycles. The molecule has 0 amide bonds. The van der Waals surface area contributed by atoms with Crippen LogP contribution in [0.2, 0.25) is 0 Å². The van der Waals surface area contributed by atoms with Crippen LogP contribution in [0.3, 0.4) is 0 Å². The first-order valence-corrected chi connectivity index (χ1v) is 3.66. The van der Waals surface area contributed by atoms with Crippen molar-refractivity contribution in [2.75, 3.05) is 6.61 Å². The first-order valence-electron chi connectivity index (χ1n) is 3.66. The average Bonchev–Trinajstić information content (AvgIpc) is 2.40. The van der Waals surface area contributed by atoms with Crippen molar-refractivity contribution in [1.82, 2.24) is 9.55 Å². The van der Waals surface area contributed by atoms with Crippen molar-refractivity contribution in [3.63, 3.8) is 0 Å². The van der Waals surface area contributed by atoms with Gasteiger partial charge in [-0.2, -0.15) is 0 Å². The molecule has 0 saturated heterocycles. The summed E-state index contributed by atoms with van der Waals surface area (Å²) < 4.78 is 1.50. The number of aliphatic hydroxyl groups is 1. The Morgan fingerprint density at radius 1 is 1.82 bits per heavy atom. The molecule has 62 valence electrons. The second-order valence-corrected chi connectivity index (χ2v) is 2.42. The van der Waals surface area contributed by atoms with Gasteiger partial charge in [0, 0.05) is 12.4 Å². The molecule has 0 aliphatic rings. The van der Waals surface area contributed by atoms with Gasteiger partial charge in [0.1, 0.15) is 0 Å². The summed E-state index contributed by atoms with van der Waals surface area (Å²) in [5.41, 5.74) is -0.161. The van der Waals surface area contributed by atoms with Crippen LogP contribution in [-0.4, -0.2) is 21.3 Å². The maximum absolute atomic E-state index is 11.0. The summed E-state index contributed by atoms with van der Waals surface area (Å²) in [4.78, 5) is 13.5. The molecule has 0 spiro atoms. The molecular weight excluding hydrogens is 144 g/mol. The minimum atomic E-state index is -0.161. The molecular formula is C7H12N2O2. The minimum Gasteiger partial charge on any atom is -0.394 e. The maximum atomic E-state index is 11.0. The molecule has 1 heterocycles. The van der Waals surface area contributed by atoms with E-state index in [9.17, 15) is 4.79 Å². The fourth-order valence-electron chi connectivity index (χ4n) is 1.03. The van der Waals surface area contributed by atoms with E-state index in [-0.39, 0.29) is 18.3 Å². The van der Waals surface area contributed by atoms with Crippen molar-refractivity contribution in [2.24, 2.45) is 0 Å². The maximum Gasteiger partial charge on any atom is 0.325 e. The zero-order valence-corrected chi connectivity index (χ0v) is 6.45. The van der Waals surface area contributed by atoms with E-state index in [0.29, 0.717) is 0 Å².